The molecular weight excluding hydrogens is 354 g/mol. The molecule has 1 aromatic rings. The van der Waals surface area contributed by atoms with Crippen molar-refractivity contribution in [1.29, 1.82) is 0 Å². The summed E-state index contributed by atoms with van der Waals surface area (Å²) in [4.78, 5) is 27.1. The third-order valence-corrected chi connectivity index (χ3v) is 5.28. The second kappa shape index (κ2) is 9.92. The summed E-state index contributed by atoms with van der Waals surface area (Å²) in [7, 11) is 0. The van der Waals surface area contributed by atoms with E-state index in [2.05, 4.69) is 43.2 Å². The van der Waals surface area contributed by atoms with Crippen LogP contribution in [0, 0.1) is 11.8 Å². The molecule has 1 aliphatic rings. The molecule has 28 heavy (non-hydrogen) atoms. The minimum atomic E-state index is -0.308. The lowest BCUT2D eigenvalue weighted by molar-refractivity contribution is -0.120. The summed E-state index contributed by atoms with van der Waals surface area (Å²) in [6.45, 7) is 13.8. The van der Waals surface area contributed by atoms with Crippen molar-refractivity contribution in [1.82, 2.24) is 15.5 Å². The number of piperidine rings is 1. The Morgan fingerprint density at radius 3 is 2.43 bits per heavy atom. The fourth-order valence-electron chi connectivity index (χ4n) is 3.84. The number of carbonyl (C=O) groups is 2. The lowest BCUT2D eigenvalue weighted by atomic mass is 9.88. The van der Waals surface area contributed by atoms with Crippen LogP contribution in [-0.4, -0.2) is 55.0 Å². The zero-order valence-corrected chi connectivity index (χ0v) is 17.9. The van der Waals surface area contributed by atoms with Crippen LogP contribution in [0.15, 0.2) is 24.3 Å². The van der Waals surface area contributed by atoms with E-state index in [9.17, 15) is 9.59 Å². The summed E-state index contributed by atoms with van der Waals surface area (Å²) in [6.07, 6.45) is 1.26. The second-order valence-corrected chi connectivity index (χ2v) is 8.55. The molecule has 2 amide bonds. The number of nitrogens with zero attached hydrogens (tertiary/aromatic N) is 1. The number of hydrogen-bond donors (Lipinski definition) is 2. The Hall–Kier alpha value is -2.08. The molecule has 1 aliphatic heterocycles. The van der Waals surface area contributed by atoms with Crippen molar-refractivity contribution in [2.45, 2.75) is 46.6 Å². The minimum absolute atomic E-state index is 0.0534. The molecular formula is C22H35N3O3. The van der Waals surface area contributed by atoms with Gasteiger partial charge in [-0.1, -0.05) is 26.0 Å². The van der Waals surface area contributed by atoms with Crippen LogP contribution in [0.4, 0.5) is 0 Å². The fraction of sp³-hybridized carbons (Fsp3) is 0.636. The van der Waals surface area contributed by atoms with Crippen LogP contribution in [-0.2, 0) is 4.79 Å². The minimum Gasteiger partial charge on any atom is -0.493 e. The van der Waals surface area contributed by atoms with Crippen molar-refractivity contribution < 1.29 is 14.3 Å². The topological polar surface area (TPSA) is 70.7 Å². The van der Waals surface area contributed by atoms with Gasteiger partial charge in [0.1, 0.15) is 5.75 Å². The van der Waals surface area contributed by atoms with Gasteiger partial charge in [0.25, 0.3) is 5.91 Å². The van der Waals surface area contributed by atoms with Gasteiger partial charge in [0.05, 0.1) is 18.7 Å². The number of rotatable bonds is 8. The number of hydrogen-bond acceptors (Lipinski definition) is 4. The molecule has 2 rings (SSSR count). The van der Waals surface area contributed by atoms with Crippen LogP contribution < -0.4 is 15.4 Å². The molecule has 1 heterocycles. The molecule has 0 saturated carbocycles. The van der Waals surface area contributed by atoms with Gasteiger partial charge in [0.2, 0.25) is 5.91 Å². The molecule has 6 heteroatoms. The van der Waals surface area contributed by atoms with Gasteiger partial charge in [-0.3, -0.25) is 14.5 Å². The van der Waals surface area contributed by atoms with Gasteiger partial charge in [-0.05, 0) is 51.2 Å². The van der Waals surface area contributed by atoms with Gasteiger partial charge in [-0.2, -0.15) is 0 Å². The number of ether oxygens (including phenoxy) is 1. The van der Waals surface area contributed by atoms with E-state index < -0.39 is 0 Å². The van der Waals surface area contributed by atoms with E-state index in [-0.39, 0.29) is 23.9 Å². The van der Waals surface area contributed by atoms with E-state index in [1.54, 1.807) is 18.2 Å². The second-order valence-electron chi connectivity index (χ2n) is 8.55. The zero-order valence-electron chi connectivity index (χ0n) is 17.9. The van der Waals surface area contributed by atoms with E-state index in [0.717, 1.165) is 13.1 Å². The molecule has 2 N–H and O–H groups in total. The van der Waals surface area contributed by atoms with Crippen molar-refractivity contribution in [3.63, 3.8) is 0 Å². The summed E-state index contributed by atoms with van der Waals surface area (Å²) in [5.74, 6) is 1.37. The number of carbonyl (C=O) groups excluding carboxylic acids is 2. The molecule has 0 aliphatic carbocycles. The molecule has 0 bridgehead atoms. The molecule has 2 unspecified atom stereocenters. The highest BCUT2D eigenvalue weighted by Gasteiger charge is 2.32. The Bertz CT molecular complexity index is 665. The number of para-hydroxylation sites is 1. The van der Waals surface area contributed by atoms with E-state index in [1.165, 1.54) is 6.42 Å². The first kappa shape index (κ1) is 22.2. The highest BCUT2D eigenvalue weighted by atomic mass is 16.5. The van der Waals surface area contributed by atoms with Gasteiger partial charge in [0, 0.05) is 25.2 Å². The molecule has 0 radical (unpaired) electrons. The quantitative estimate of drug-likeness (QED) is 0.717. The summed E-state index contributed by atoms with van der Waals surface area (Å²) in [6, 6.07) is 7.04. The van der Waals surface area contributed by atoms with Gasteiger partial charge < -0.3 is 15.4 Å². The number of amides is 2. The predicted octanol–water partition coefficient (Wildman–Crippen LogP) is 2.69. The molecule has 0 spiro atoms. The van der Waals surface area contributed by atoms with Crippen molar-refractivity contribution in [3.05, 3.63) is 29.8 Å². The van der Waals surface area contributed by atoms with Crippen molar-refractivity contribution >= 4 is 11.8 Å². The highest BCUT2D eigenvalue weighted by Crippen LogP contribution is 2.26. The van der Waals surface area contributed by atoms with E-state index in [4.69, 9.17) is 4.74 Å². The number of nitrogens with one attached hydrogen (secondary N) is 2. The molecule has 1 saturated heterocycles. The first-order valence-corrected chi connectivity index (χ1v) is 10.2. The predicted molar refractivity (Wildman–Crippen MR) is 112 cm³/mol. The van der Waals surface area contributed by atoms with Crippen LogP contribution in [0.2, 0.25) is 0 Å². The maximum Gasteiger partial charge on any atom is 0.255 e. The van der Waals surface area contributed by atoms with Crippen LogP contribution in [0.5, 0.6) is 5.75 Å². The van der Waals surface area contributed by atoms with E-state index in [1.807, 2.05) is 13.0 Å². The highest BCUT2D eigenvalue weighted by molar-refractivity contribution is 5.98. The first-order valence-electron chi connectivity index (χ1n) is 10.2. The van der Waals surface area contributed by atoms with Crippen LogP contribution in [0.1, 0.15) is 51.4 Å². The maximum atomic E-state index is 12.4. The van der Waals surface area contributed by atoms with Crippen LogP contribution in [0.3, 0.4) is 0 Å². The van der Waals surface area contributed by atoms with Crippen molar-refractivity contribution in [3.8, 4) is 5.75 Å². The largest absolute Gasteiger partial charge is 0.493 e. The first-order chi connectivity index (χ1) is 13.2. The summed E-state index contributed by atoms with van der Waals surface area (Å²) < 4.78 is 5.47. The SMILES string of the molecule is CCOc1ccccc1C(=O)NCC(=O)NCC(C)(C)N1CC(C)CC(C)C1. The summed E-state index contributed by atoms with van der Waals surface area (Å²) in [5.41, 5.74) is 0.318. The van der Waals surface area contributed by atoms with E-state index >= 15 is 0 Å². The smallest absolute Gasteiger partial charge is 0.255 e. The van der Waals surface area contributed by atoms with Gasteiger partial charge in [-0.15, -0.1) is 0 Å². The standard InChI is InChI=1S/C22H35N3O3/c1-6-28-19-10-8-7-9-18(19)21(27)23-12-20(26)24-15-22(4,5)25-13-16(2)11-17(3)14-25/h7-10,16-17H,6,11-15H2,1-5H3,(H,23,27)(H,24,26). The van der Waals surface area contributed by atoms with Crippen LogP contribution >= 0.6 is 0 Å². The van der Waals surface area contributed by atoms with Gasteiger partial charge in [-0.25, -0.2) is 0 Å². The Kier molecular flexibility index (Phi) is 7.87. The Balaban J connectivity index is 1.83. The molecule has 1 fully saturated rings. The van der Waals surface area contributed by atoms with Crippen molar-refractivity contribution in [2.75, 3.05) is 32.8 Å². The zero-order chi connectivity index (χ0) is 20.7. The normalized spacial score (nSPS) is 20.5. The summed E-state index contributed by atoms with van der Waals surface area (Å²) in [5, 5.41) is 5.65. The monoisotopic (exact) mass is 389 g/mol. The molecule has 156 valence electrons. The maximum absolute atomic E-state index is 12.4. The third-order valence-electron chi connectivity index (χ3n) is 5.28. The lowest BCUT2D eigenvalue weighted by Gasteiger charge is -2.45. The fourth-order valence-corrected chi connectivity index (χ4v) is 3.84. The Labute approximate surface area is 169 Å². The van der Waals surface area contributed by atoms with Crippen LogP contribution in [0.25, 0.3) is 0 Å². The van der Waals surface area contributed by atoms with Crippen molar-refractivity contribution in [2.24, 2.45) is 11.8 Å². The molecule has 1 aromatic carbocycles. The number of benzene rings is 1. The molecule has 6 nitrogen and oxygen atoms in total. The Morgan fingerprint density at radius 2 is 1.79 bits per heavy atom. The van der Waals surface area contributed by atoms with Gasteiger partial charge in [0.15, 0.2) is 0 Å². The van der Waals surface area contributed by atoms with E-state index in [0.29, 0.717) is 36.3 Å². The third kappa shape index (κ3) is 6.23. The van der Waals surface area contributed by atoms with Gasteiger partial charge >= 0.3 is 0 Å². The molecule has 2 atom stereocenters. The lowest BCUT2D eigenvalue weighted by Crippen LogP contribution is -2.56. The average molecular weight is 390 g/mol. The average Bonchev–Trinajstić information content (AvgIpc) is 2.64. The Morgan fingerprint density at radius 1 is 1.14 bits per heavy atom. The molecule has 0 aromatic heterocycles. The number of likely N-dealkylation sites (tertiary alicyclic amines) is 1. The summed E-state index contributed by atoms with van der Waals surface area (Å²) >= 11 is 0.